The van der Waals surface area contributed by atoms with Crippen LogP contribution in [-0.4, -0.2) is 17.0 Å². The van der Waals surface area contributed by atoms with Gasteiger partial charge in [-0.2, -0.15) is 5.26 Å². The lowest BCUT2D eigenvalue weighted by molar-refractivity contribution is -0.384. The Labute approximate surface area is 126 Å². The van der Waals surface area contributed by atoms with Crippen molar-refractivity contribution in [3.05, 3.63) is 62.8 Å². The van der Waals surface area contributed by atoms with Crippen LogP contribution in [0.3, 0.4) is 0 Å². The van der Waals surface area contributed by atoms with Crippen molar-refractivity contribution in [2.75, 3.05) is 11.9 Å². The highest BCUT2D eigenvalue weighted by Crippen LogP contribution is 2.24. The van der Waals surface area contributed by atoms with Crippen LogP contribution < -0.4 is 4.90 Å². The number of hydrogen-bond donors (Lipinski definition) is 0. The number of nitro groups is 1. The first-order valence-corrected chi connectivity index (χ1v) is 6.40. The van der Waals surface area contributed by atoms with Gasteiger partial charge in [0.25, 0.3) is 5.69 Å². The van der Waals surface area contributed by atoms with Crippen molar-refractivity contribution in [2.45, 2.75) is 6.54 Å². The SMILES string of the molecule is CN(Cc1cc([N+](=O)[O-])ccc1Cl)c1cccc(C#N)n1. The Morgan fingerprint density at radius 3 is 2.86 bits per heavy atom. The van der Waals surface area contributed by atoms with E-state index in [0.29, 0.717) is 28.6 Å². The summed E-state index contributed by atoms with van der Waals surface area (Å²) >= 11 is 6.07. The summed E-state index contributed by atoms with van der Waals surface area (Å²) in [5.74, 6) is 0.594. The molecular formula is C14H11ClN4O2. The van der Waals surface area contributed by atoms with Gasteiger partial charge in [0.05, 0.1) is 4.92 Å². The predicted octanol–water partition coefficient (Wildman–Crippen LogP) is 3.15. The Bertz CT molecular complexity index is 727. The van der Waals surface area contributed by atoms with Crippen LogP contribution >= 0.6 is 11.6 Å². The molecule has 6 nitrogen and oxygen atoms in total. The van der Waals surface area contributed by atoms with Crippen molar-refractivity contribution in [1.29, 1.82) is 5.26 Å². The molecule has 2 aromatic rings. The molecule has 0 N–H and O–H groups in total. The molecule has 2 rings (SSSR count). The first-order valence-electron chi connectivity index (χ1n) is 6.02. The minimum Gasteiger partial charge on any atom is -0.355 e. The molecule has 1 aromatic carbocycles. The van der Waals surface area contributed by atoms with E-state index in [9.17, 15) is 10.1 Å². The largest absolute Gasteiger partial charge is 0.355 e. The molecule has 0 unspecified atom stereocenters. The molecule has 0 saturated heterocycles. The Kier molecular flexibility index (Phi) is 4.36. The molecule has 0 spiro atoms. The number of hydrogen-bond acceptors (Lipinski definition) is 5. The molecule has 0 aliphatic heterocycles. The second-order valence-corrected chi connectivity index (χ2v) is 4.79. The molecular weight excluding hydrogens is 292 g/mol. The van der Waals surface area contributed by atoms with E-state index >= 15 is 0 Å². The van der Waals surface area contributed by atoms with Crippen LogP contribution in [0.15, 0.2) is 36.4 Å². The average Bonchev–Trinajstić information content (AvgIpc) is 2.49. The minimum atomic E-state index is -0.464. The lowest BCUT2D eigenvalue weighted by Crippen LogP contribution is -2.18. The summed E-state index contributed by atoms with van der Waals surface area (Å²) in [5, 5.41) is 20.1. The maximum Gasteiger partial charge on any atom is 0.269 e. The van der Waals surface area contributed by atoms with E-state index in [2.05, 4.69) is 4.98 Å². The quantitative estimate of drug-likeness (QED) is 0.640. The molecule has 0 radical (unpaired) electrons. The molecule has 0 amide bonds. The van der Waals surface area contributed by atoms with E-state index in [1.165, 1.54) is 18.2 Å². The summed E-state index contributed by atoms with van der Waals surface area (Å²) in [7, 11) is 1.78. The Morgan fingerprint density at radius 1 is 1.43 bits per heavy atom. The molecule has 0 fully saturated rings. The number of nitrogens with zero attached hydrogens (tertiary/aromatic N) is 4. The highest BCUT2D eigenvalue weighted by molar-refractivity contribution is 6.31. The summed E-state index contributed by atoms with van der Waals surface area (Å²) < 4.78 is 0. The van der Waals surface area contributed by atoms with Gasteiger partial charge in [-0.1, -0.05) is 17.7 Å². The monoisotopic (exact) mass is 302 g/mol. The van der Waals surface area contributed by atoms with E-state index in [-0.39, 0.29) is 5.69 Å². The van der Waals surface area contributed by atoms with Crippen LogP contribution in [0.25, 0.3) is 0 Å². The van der Waals surface area contributed by atoms with Gasteiger partial charge < -0.3 is 4.90 Å². The van der Waals surface area contributed by atoms with Crippen molar-refractivity contribution in [1.82, 2.24) is 4.98 Å². The first-order chi connectivity index (χ1) is 10.0. The molecule has 0 saturated carbocycles. The second-order valence-electron chi connectivity index (χ2n) is 4.38. The number of pyridine rings is 1. The maximum atomic E-state index is 10.8. The third-order valence-electron chi connectivity index (χ3n) is 2.89. The predicted molar refractivity (Wildman–Crippen MR) is 79.2 cm³/mol. The highest BCUT2D eigenvalue weighted by Gasteiger charge is 2.12. The van der Waals surface area contributed by atoms with Crippen molar-refractivity contribution in [3.8, 4) is 6.07 Å². The third-order valence-corrected chi connectivity index (χ3v) is 3.26. The van der Waals surface area contributed by atoms with Crippen molar-refractivity contribution in [3.63, 3.8) is 0 Å². The topological polar surface area (TPSA) is 83.1 Å². The van der Waals surface area contributed by atoms with Crippen LogP contribution in [0.4, 0.5) is 11.5 Å². The maximum absolute atomic E-state index is 10.8. The fourth-order valence-electron chi connectivity index (χ4n) is 1.83. The zero-order valence-corrected chi connectivity index (χ0v) is 11.9. The lowest BCUT2D eigenvalue weighted by Gasteiger charge is -2.18. The molecule has 0 aliphatic rings. The van der Waals surface area contributed by atoms with Crippen LogP contribution in [0.1, 0.15) is 11.3 Å². The lowest BCUT2D eigenvalue weighted by atomic mass is 10.2. The van der Waals surface area contributed by atoms with Crippen molar-refractivity contribution >= 4 is 23.1 Å². The van der Waals surface area contributed by atoms with Gasteiger partial charge in [-0.25, -0.2) is 4.98 Å². The molecule has 21 heavy (non-hydrogen) atoms. The molecule has 0 atom stereocenters. The molecule has 1 aromatic heterocycles. The van der Waals surface area contributed by atoms with E-state index in [0.717, 1.165) is 0 Å². The fourth-order valence-corrected chi connectivity index (χ4v) is 2.01. The molecule has 0 aliphatic carbocycles. The summed E-state index contributed by atoms with van der Waals surface area (Å²) in [6.07, 6.45) is 0. The fraction of sp³-hybridized carbons (Fsp3) is 0.143. The van der Waals surface area contributed by atoms with E-state index in [1.807, 2.05) is 6.07 Å². The Morgan fingerprint density at radius 2 is 2.19 bits per heavy atom. The number of non-ortho nitro benzene ring substituents is 1. The van der Waals surface area contributed by atoms with Gasteiger partial charge in [0.1, 0.15) is 17.6 Å². The number of nitro benzene ring substituents is 1. The summed E-state index contributed by atoms with van der Waals surface area (Å²) in [6.45, 7) is 0.350. The van der Waals surface area contributed by atoms with Crippen LogP contribution in [0.2, 0.25) is 5.02 Å². The number of rotatable bonds is 4. The third kappa shape index (κ3) is 3.46. The van der Waals surface area contributed by atoms with Crippen LogP contribution in [0, 0.1) is 21.4 Å². The molecule has 106 valence electrons. The van der Waals surface area contributed by atoms with Crippen molar-refractivity contribution < 1.29 is 4.92 Å². The van der Waals surface area contributed by atoms with Crippen molar-refractivity contribution in [2.24, 2.45) is 0 Å². The van der Waals surface area contributed by atoms with Gasteiger partial charge >= 0.3 is 0 Å². The summed E-state index contributed by atoms with van der Waals surface area (Å²) in [4.78, 5) is 16.3. The average molecular weight is 303 g/mol. The van der Waals surface area contributed by atoms with Gasteiger partial charge in [0.15, 0.2) is 0 Å². The van der Waals surface area contributed by atoms with Crippen LogP contribution in [0.5, 0.6) is 0 Å². The highest BCUT2D eigenvalue weighted by atomic mass is 35.5. The number of halogens is 1. The normalized spacial score (nSPS) is 9.95. The summed E-state index contributed by atoms with van der Waals surface area (Å²) in [6, 6.07) is 11.4. The van der Waals surface area contributed by atoms with Gasteiger partial charge in [-0.15, -0.1) is 0 Å². The van der Waals surface area contributed by atoms with Crippen LogP contribution in [-0.2, 0) is 6.54 Å². The first kappa shape index (κ1) is 14.8. The Hall–Kier alpha value is -2.65. The number of aromatic nitrogens is 1. The zero-order chi connectivity index (χ0) is 15.4. The van der Waals surface area contributed by atoms with Gasteiger partial charge in [-0.3, -0.25) is 10.1 Å². The van der Waals surface area contributed by atoms with Gasteiger partial charge in [0, 0.05) is 30.7 Å². The van der Waals surface area contributed by atoms with Gasteiger partial charge in [-0.05, 0) is 23.8 Å². The van der Waals surface area contributed by atoms with Gasteiger partial charge in [0.2, 0.25) is 0 Å². The molecule has 1 heterocycles. The standard InChI is InChI=1S/C14H11ClN4O2/c1-18(14-4-2-3-11(8-16)17-14)9-10-7-12(19(20)21)5-6-13(10)15/h2-7H,9H2,1H3. The van der Waals surface area contributed by atoms with E-state index in [4.69, 9.17) is 16.9 Å². The molecule has 0 bridgehead atoms. The zero-order valence-electron chi connectivity index (χ0n) is 11.2. The second kappa shape index (κ2) is 6.20. The van der Waals surface area contributed by atoms with E-state index in [1.54, 1.807) is 30.1 Å². The number of anilines is 1. The summed E-state index contributed by atoms with van der Waals surface area (Å²) in [5.41, 5.74) is 0.920. The molecule has 7 heteroatoms. The smallest absolute Gasteiger partial charge is 0.269 e. The number of benzene rings is 1. The Balaban J connectivity index is 2.26. The minimum absolute atomic E-state index is 0.0125. The number of nitriles is 1. The van der Waals surface area contributed by atoms with E-state index < -0.39 is 4.92 Å².